The maximum Gasteiger partial charge on any atom is 0.00978 e. The van der Waals surface area contributed by atoms with Gasteiger partial charge in [-0.2, -0.15) is 0 Å². The minimum atomic E-state index is 0.715. The van der Waals surface area contributed by atoms with Gasteiger partial charge in [0.2, 0.25) is 0 Å². The van der Waals surface area contributed by atoms with Gasteiger partial charge in [0, 0.05) is 6.04 Å². The molecule has 17 heavy (non-hydrogen) atoms. The lowest BCUT2D eigenvalue weighted by Gasteiger charge is -2.43. The van der Waals surface area contributed by atoms with Gasteiger partial charge in [0.25, 0.3) is 0 Å². The van der Waals surface area contributed by atoms with Crippen LogP contribution in [0.15, 0.2) is 0 Å². The summed E-state index contributed by atoms with van der Waals surface area (Å²) in [5, 5.41) is 0. The standard InChI is InChI=1S/C14H31N3/c1-3-13(7-9-16)14-6-4-10-17(12(14)2)11-5-8-15/h12-14H,3-11,15-16H2,1-2H3. The second-order valence-corrected chi connectivity index (χ2v) is 5.47. The fraction of sp³-hybridized carbons (Fsp3) is 1.00. The highest BCUT2D eigenvalue weighted by Crippen LogP contribution is 2.33. The Balaban J connectivity index is 2.53. The van der Waals surface area contributed by atoms with E-state index in [9.17, 15) is 0 Å². The number of nitrogens with two attached hydrogens (primary N) is 2. The summed E-state index contributed by atoms with van der Waals surface area (Å²) in [6.07, 6.45) is 6.33. The van der Waals surface area contributed by atoms with Crippen molar-refractivity contribution < 1.29 is 0 Å². The predicted octanol–water partition coefficient (Wildman–Crippen LogP) is 1.81. The molecule has 0 amide bonds. The Morgan fingerprint density at radius 3 is 2.65 bits per heavy atom. The fourth-order valence-corrected chi connectivity index (χ4v) is 3.42. The number of likely N-dealkylation sites (tertiary alicyclic amines) is 1. The molecule has 3 nitrogen and oxygen atoms in total. The van der Waals surface area contributed by atoms with Crippen LogP contribution in [0.5, 0.6) is 0 Å². The van der Waals surface area contributed by atoms with E-state index in [1.165, 1.54) is 38.8 Å². The quantitative estimate of drug-likeness (QED) is 0.715. The van der Waals surface area contributed by atoms with Crippen LogP contribution in [0.1, 0.15) is 46.0 Å². The van der Waals surface area contributed by atoms with E-state index in [1.54, 1.807) is 0 Å². The molecule has 1 aliphatic heterocycles. The van der Waals surface area contributed by atoms with Crippen molar-refractivity contribution in [3.8, 4) is 0 Å². The second kappa shape index (κ2) is 8.06. The first-order valence-corrected chi connectivity index (χ1v) is 7.38. The van der Waals surface area contributed by atoms with Crippen LogP contribution >= 0.6 is 0 Å². The van der Waals surface area contributed by atoms with Gasteiger partial charge < -0.3 is 16.4 Å². The monoisotopic (exact) mass is 241 g/mol. The molecule has 0 aliphatic carbocycles. The third-order valence-electron chi connectivity index (χ3n) is 4.50. The minimum Gasteiger partial charge on any atom is -0.330 e. The van der Waals surface area contributed by atoms with E-state index < -0.39 is 0 Å². The summed E-state index contributed by atoms with van der Waals surface area (Å²) in [7, 11) is 0. The molecule has 1 saturated heterocycles. The summed E-state index contributed by atoms with van der Waals surface area (Å²) in [4.78, 5) is 2.64. The van der Waals surface area contributed by atoms with Gasteiger partial charge in [-0.15, -0.1) is 0 Å². The van der Waals surface area contributed by atoms with Gasteiger partial charge in [-0.05, 0) is 70.6 Å². The molecule has 0 radical (unpaired) electrons. The summed E-state index contributed by atoms with van der Waals surface area (Å²) < 4.78 is 0. The lowest BCUT2D eigenvalue weighted by molar-refractivity contribution is 0.0660. The molecule has 0 saturated carbocycles. The zero-order chi connectivity index (χ0) is 12.7. The molecule has 3 unspecified atom stereocenters. The Labute approximate surface area is 107 Å². The second-order valence-electron chi connectivity index (χ2n) is 5.47. The van der Waals surface area contributed by atoms with Gasteiger partial charge in [0.15, 0.2) is 0 Å². The lowest BCUT2D eigenvalue weighted by atomic mass is 9.77. The molecule has 4 N–H and O–H groups in total. The van der Waals surface area contributed by atoms with E-state index in [1.807, 2.05) is 0 Å². The van der Waals surface area contributed by atoms with Crippen molar-refractivity contribution in [3.63, 3.8) is 0 Å². The lowest BCUT2D eigenvalue weighted by Crippen LogP contribution is -2.46. The van der Waals surface area contributed by atoms with Gasteiger partial charge in [0.1, 0.15) is 0 Å². The first kappa shape index (κ1) is 14.9. The number of nitrogens with zero attached hydrogens (tertiary/aromatic N) is 1. The van der Waals surface area contributed by atoms with Crippen molar-refractivity contribution in [3.05, 3.63) is 0 Å². The molecule has 1 aliphatic rings. The molecule has 0 bridgehead atoms. The number of piperidine rings is 1. The number of rotatable bonds is 7. The molecule has 0 aromatic rings. The Morgan fingerprint density at radius 2 is 2.06 bits per heavy atom. The highest BCUT2D eigenvalue weighted by Gasteiger charge is 2.31. The smallest absolute Gasteiger partial charge is 0.00978 e. The minimum absolute atomic E-state index is 0.715. The Kier molecular flexibility index (Phi) is 7.09. The molecular formula is C14H31N3. The topological polar surface area (TPSA) is 55.3 Å². The van der Waals surface area contributed by atoms with E-state index in [0.717, 1.165) is 31.3 Å². The van der Waals surface area contributed by atoms with Gasteiger partial charge in [-0.3, -0.25) is 0 Å². The highest BCUT2D eigenvalue weighted by molar-refractivity contribution is 4.85. The Bertz CT molecular complexity index is 196. The number of hydrogen-bond acceptors (Lipinski definition) is 3. The maximum atomic E-state index is 5.74. The molecule has 0 spiro atoms. The first-order chi connectivity index (χ1) is 8.24. The van der Waals surface area contributed by atoms with Crippen molar-refractivity contribution >= 4 is 0 Å². The summed E-state index contributed by atoms with van der Waals surface area (Å²) >= 11 is 0. The van der Waals surface area contributed by atoms with Crippen molar-refractivity contribution in [2.75, 3.05) is 26.2 Å². The van der Waals surface area contributed by atoms with E-state index in [4.69, 9.17) is 11.5 Å². The van der Waals surface area contributed by atoms with Crippen LogP contribution in [0.25, 0.3) is 0 Å². The zero-order valence-corrected chi connectivity index (χ0v) is 11.7. The largest absolute Gasteiger partial charge is 0.330 e. The Morgan fingerprint density at radius 1 is 1.29 bits per heavy atom. The molecular weight excluding hydrogens is 210 g/mol. The van der Waals surface area contributed by atoms with Crippen LogP contribution in [0.3, 0.4) is 0 Å². The summed E-state index contributed by atoms with van der Waals surface area (Å²) in [6.45, 7) is 8.80. The van der Waals surface area contributed by atoms with Crippen molar-refractivity contribution in [2.24, 2.45) is 23.3 Å². The SMILES string of the molecule is CCC(CCN)C1CCCN(CCCN)C1C. The average molecular weight is 241 g/mol. The normalized spacial score (nSPS) is 28.2. The van der Waals surface area contributed by atoms with E-state index >= 15 is 0 Å². The molecule has 3 atom stereocenters. The van der Waals surface area contributed by atoms with Crippen molar-refractivity contribution in [2.45, 2.75) is 52.0 Å². The van der Waals surface area contributed by atoms with E-state index in [2.05, 4.69) is 18.7 Å². The summed E-state index contributed by atoms with van der Waals surface area (Å²) in [5.74, 6) is 1.66. The molecule has 1 heterocycles. The van der Waals surface area contributed by atoms with Gasteiger partial charge in [-0.1, -0.05) is 13.3 Å². The molecule has 1 rings (SSSR count). The van der Waals surface area contributed by atoms with Gasteiger partial charge in [0.05, 0.1) is 0 Å². The van der Waals surface area contributed by atoms with Crippen LogP contribution in [-0.4, -0.2) is 37.1 Å². The first-order valence-electron chi connectivity index (χ1n) is 7.38. The van der Waals surface area contributed by atoms with Gasteiger partial charge >= 0.3 is 0 Å². The molecule has 0 aromatic heterocycles. The zero-order valence-electron chi connectivity index (χ0n) is 11.7. The molecule has 0 aromatic carbocycles. The van der Waals surface area contributed by atoms with Crippen LogP contribution in [0.4, 0.5) is 0 Å². The predicted molar refractivity (Wildman–Crippen MR) is 74.9 cm³/mol. The van der Waals surface area contributed by atoms with Crippen LogP contribution in [-0.2, 0) is 0 Å². The fourth-order valence-electron chi connectivity index (χ4n) is 3.42. The van der Waals surface area contributed by atoms with Crippen LogP contribution in [0.2, 0.25) is 0 Å². The Hall–Kier alpha value is -0.120. The number of hydrogen-bond donors (Lipinski definition) is 2. The molecule has 3 heteroatoms. The molecule has 1 fully saturated rings. The highest BCUT2D eigenvalue weighted by atomic mass is 15.2. The third kappa shape index (κ3) is 4.23. The van der Waals surface area contributed by atoms with Crippen molar-refractivity contribution in [1.29, 1.82) is 0 Å². The van der Waals surface area contributed by atoms with E-state index in [-0.39, 0.29) is 0 Å². The summed E-state index contributed by atoms with van der Waals surface area (Å²) in [5.41, 5.74) is 11.4. The van der Waals surface area contributed by atoms with Crippen LogP contribution < -0.4 is 11.5 Å². The van der Waals surface area contributed by atoms with E-state index in [0.29, 0.717) is 6.04 Å². The summed E-state index contributed by atoms with van der Waals surface area (Å²) in [6, 6.07) is 0.715. The average Bonchev–Trinajstić information content (AvgIpc) is 2.35. The third-order valence-corrected chi connectivity index (χ3v) is 4.50. The maximum absolute atomic E-state index is 5.74. The van der Waals surface area contributed by atoms with Gasteiger partial charge in [-0.25, -0.2) is 0 Å². The van der Waals surface area contributed by atoms with Crippen molar-refractivity contribution in [1.82, 2.24) is 4.90 Å². The molecule has 102 valence electrons. The van der Waals surface area contributed by atoms with Crippen LogP contribution in [0, 0.1) is 11.8 Å².